The van der Waals surface area contributed by atoms with Gasteiger partial charge in [-0.3, -0.25) is 0 Å². The van der Waals surface area contributed by atoms with E-state index >= 15 is 0 Å². The zero-order chi connectivity index (χ0) is 13.8. The first-order valence-electron chi connectivity index (χ1n) is 7.07. The van der Waals surface area contributed by atoms with Crippen LogP contribution in [0.3, 0.4) is 0 Å². The molecule has 2 aromatic rings. The van der Waals surface area contributed by atoms with Gasteiger partial charge in [-0.05, 0) is 38.4 Å². The third kappa shape index (κ3) is 2.93. The maximum atomic E-state index is 6.34. The minimum absolute atomic E-state index is 0.245. The average molecular weight is 280 g/mol. The van der Waals surface area contributed by atoms with Crippen molar-refractivity contribution >= 4 is 22.6 Å². The zero-order valence-electron chi connectivity index (χ0n) is 11.9. The summed E-state index contributed by atoms with van der Waals surface area (Å²) in [5, 5.41) is 4.29. The average Bonchev–Trinajstić information content (AvgIpc) is 2.77. The molecule has 1 aromatic heterocycles. The molecule has 2 rings (SSSR count). The lowest BCUT2D eigenvalue weighted by molar-refractivity contribution is 0.513. The van der Waals surface area contributed by atoms with Crippen molar-refractivity contribution in [1.82, 2.24) is 14.9 Å². The second-order valence-electron chi connectivity index (χ2n) is 4.91. The van der Waals surface area contributed by atoms with Crippen LogP contribution in [0.4, 0.5) is 0 Å². The summed E-state index contributed by atoms with van der Waals surface area (Å²) in [4.78, 5) is 4.76. The standard InChI is InChI=1S/C15H22ClN3/c1-4-9-17-11(3)15-18-13-8-6-7-12(16)14(13)19(15)10-5-2/h6-8,11,17H,4-5,9-10H2,1-3H3. The van der Waals surface area contributed by atoms with Gasteiger partial charge in [0.15, 0.2) is 0 Å². The lowest BCUT2D eigenvalue weighted by Crippen LogP contribution is -2.22. The predicted octanol–water partition coefficient (Wildman–Crippen LogP) is 4.16. The number of nitrogens with one attached hydrogen (secondary N) is 1. The molecule has 0 saturated carbocycles. The molecule has 0 fully saturated rings. The van der Waals surface area contributed by atoms with E-state index in [1.165, 1.54) is 0 Å². The van der Waals surface area contributed by atoms with E-state index in [2.05, 4.69) is 30.7 Å². The van der Waals surface area contributed by atoms with Gasteiger partial charge in [0.25, 0.3) is 0 Å². The van der Waals surface area contributed by atoms with Gasteiger partial charge in [0.2, 0.25) is 0 Å². The Morgan fingerprint density at radius 2 is 2.11 bits per heavy atom. The van der Waals surface area contributed by atoms with Gasteiger partial charge < -0.3 is 9.88 Å². The van der Waals surface area contributed by atoms with E-state index in [1.54, 1.807) is 0 Å². The van der Waals surface area contributed by atoms with Crippen LogP contribution in [-0.4, -0.2) is 16.1 Å². The number of halogens is 1. The number of hydrogen-bond acceptors (Lipinski definition) is 2. The van der Waals surface area contributed by atoms with Gasteiger partial charge >= 0.3 is 0 Å². The number of para-hydroxylation sites is 1. The van der Waals surface area contributed by atoms with E-state index in [9.17, 15) is 0 Å². The Hall–Kier alpha value is -1.06. The molecule has 0 aliphatic heterocycles. The van der Waals surface area contributed by atoms with Crippen molar-refractivity contribution in [2.75, 3.05) is 6.54 Å². The second kappa shape index (κ2) is 6.40. The molecule has 1 unspecified atom stereocenters. The van der Waals surface area contributed by atoms with Gasteiger partial charge in [0, 0.05) is 6.54 Å². The topological polar surface area (TPSA) is 29.9 Å². The summed E-state index contributed by atoms with van der Waals surface area (Å²) < 4.78 is 2.25. The Balaban J connectivity index is 2.47. The van der Waals surface area contributed by atoms with Crippen molar-refractivity contribution in [3.8, 4) is 0 Å². The van der Waals surface area contributed by atoms with Crippen LogP contribution in [0.15, 0.2) is 18.2 Å². The highest BCUT2D eigenvalue weighted by Gasteiger charge is 2.17. The lowest BCUT2D eigenvalue weighted by Gasteiger charge is -2.15. The van der Waals surface area contributed by atoms with Crippen LogP contribution in [0.25, 0.3) is 11.0 Å². The summed E-state index contributed by atoms with van der Waals surface area (Å²) in [7, 11) is 0. The molecule has 0 aliphatic carbocycles. The SMILES string of the molecule is CCCNC(C)c1nc2cccc(Cl)c2n1CCC. The molecule has 1 heterocycles. The van der Waals surface area contributed by atoms with Crippen LogP contribution >= 0.6 is 11.6 Å². The highest BCUT2D eigenvalue weighted by molar-refractivity contribution is 6.35. The van der Waals surface area contributed by atoms with Gasteiger partial charge in [-0.1, -0.05) is 31.5 Å². The van der Waals surface area contributed by atoms with Crippen LogP contribution in [0.2, 0.25) is 5.02 Å². The van der Waals surface area contributed by atoms with Crippen LogP contribution < -0.4 is 5.32 Å². The number of rotatable bonds is 6. The summed E-state index contributed by atoms with van der Waals surface area (Å²) in [6.45, 7) is 8.47. The molecule has 0 bridgehead atoms. The fourth-order valence-electron chi connectivity index (χ4n) is 2.39. The summed E-state index contributed by atoms with van der Waals surface area (Å²) in [6, 6.07) is 6.17. The number of nitrogens with zero attached hydrogens (tertiary/aromatic N) is 2. The Morgan fingerprint density at radius 3 is 2.79 bits per heavy atom. The highest BCUT2D eigenvalue weighted by atomic mass is 35.5. The number of aryl methyl sites for hydroxylation is 1. The third-order valence-electron chi connectivity index (χ3n) is 3.28. The Kier molecular flexibility index (Phi) is 4.83. The quantitative estimate of drug-likeness (QED) is 0.860. The molecule has 0 saturated heterocycles. The molecule has 1 N–H and O–H groups in total. The van der Waals surface area contributed by atoms with E-state index in [1.807, 2.05) is 18.2 Å². The maximum absolute atomic E-state index is 6.34. The molecule has 3 nitrogen and oxygen atoms in total. The van der Waals surface area contributed by atoms with E-state index in [-0.39, 0.29) is 6.04 Å². The van der Waals surface area contributed by atoms with Crippen LogP contribution in [0.5, 0.6) is 0 Å². The van der Waals surface area contributed by atoms with Gasteiger partial charge in [0.1, 0.15) is 5.82 Å². The fourth-order valence-corrected chi connectivity index (χ4v) is 2.66. The molecule has 1 atom stereocenters. The normalized spacial score (nSPS) is 13.1. The summed E-state index contributed by atoms with van der Waals surface area (Å²) >= 11 is 6.34. The molecule has 0 amide bonds. The smallest absolute Gasteiger partial charge is 0.126 e. The molecule has 104 valence electrons. The van der Waals surface area contributed by atoms with Crippen LogP contribution in [-0.2, 0) is 6.54 Å². The maximum Gasteiger partial charge on any atom is 0.126 e. The number of hydrogen-bond donors (Lipinski definition) is 1. The molecule has 0 radical (unpaired) electrons. The van der Waals surface area contributed by atoms with Crippen molar-refractivity contribution in [1.29, 1.82) is 0 Å². The molecule has 0 spiro atoms. The Morgan fingerprint density at radius 1 is 1.32 bits per heavy atom. The molecule has 19 heavy (non-hydrogen) atoms. The molecule has 4 heteroatoms. The predicted molar refractivity (Wildman–Crippen MR) is 81.7 cm³/mol. The third-order valence-corrected chi connectivity index (χ3v) is 3.59. The van der Waals surface area contributed by atoms with Gasteiger partial charge in [0.05, 0.1) is 22.1 Å². The van der Waals surface area contributed by atoms with Gasteiger partial charge in [-0.2, -0.15) is 0 Å². The number of benzene rings is 1. The first-order valence-corrected chi connectivity index (χ1v) is 7.44. The first kappa shape index (κ1) is 14.4. The van der Waals surface area contributed by atoms with Crippen molar-refractivity contribution < 1.29 is 0 Å². The summed E-state index contributed by atoms with van der Waals surface area (Å²) in [5.41, 5.74) is 2.05. The number of fused-ring (bicyclic) bond motifs is 1. The van der Waals surface area contributed by atoms with Crippen LogP contribution in [0.1, 0.15) is 45.5 Å². The molecular weight excluding hydrogens is 258 g/mol. The number of imidazole rings is 1. The highest BCUT2D eigenvalue weighted by Crippen LogP contribution is 2.27. The van der Waals surface area contributed by atoms with Crippen LogP contribution in [0, 0.1) is 0 Å². The number of aromatic nitrogens is 2. The van der Waals surface area contributed by atoms with Crippen molar-refractivity contribution in [2.45, 2.75) is 46.2 Å². The van der Waals surface area contributed by atoms with E-state index in [0.717, 1.165) is 47.8 Å². The summed E-state index contributed by atoms with van der Waals surface area (Å²) in [6.07, 6.45) is 2.20. The van der Waals surface area contributed by atoms with E-state index < -0.39 is 0 Å². The van der Waals surface area contributed by atoms with Crippen molar-refractivity contribution in [2.24, 2.45) is 0 Å². The largest absolute Gasteiger partial charge is 0.325 e. The van der Waals surface area contributed by atoms with E-state index in [0.29, 0.717) is 0 Å². The minimum atomic E-state index is 0.245. The minimum Gasteiger partial charge on any atom is -0.325 e. The molecule has 1 aromatic carbocycles. The Labute approximate surface area is 120 Å². The van der Waals surface area contributed by atoms with Gasteiger partial charge in [-0.25, -0.2) is 4.98 Å². The molecule has 0 aliphatic rings. The fraction of sp³-hybridized carbons (Fsp3) is 0.533. The lowest BCUT2D eigenvalue weighted by atomic mass is 10.3. The monoisotopic (exact) mass is 279 g/mol. The van der Waals surface area contributed by atoms with Crippen molar-refractivity contribution in [3.05, 3.63) is 29.0 Å². The van der Waals surface area contributed by atoms with Crippen molar-refractivity contribution in [3.63, 3.8) is 0 Å². The first-order chi connectivity index (χ1) is 9.19. The Bertz CT molecular complexity index is 548. The zero-order valence-corrected chi connectivity index (χ0v) is 12.7. The van der Waals surface area contributed by atoms with Gasteiger partial charge in [-0.15, -0.1) is 0 Å². The molecular formula is C15H22ClN3. The second-order valence-corrected chi connectivity index (χ2v) is 5.31. The van der Waals surface area contributed by atoms with E-state index in [4.69, 9.17) is 16.6 Å². The summed E-state index contributed by atoms with van der Waals surface area (Å²) in [5.74, 6) is 1.08.